The quantitative estimate of drug-likeness (QED) is 0.0965. The molecule has 1 aliphatic heterocycles. The van der Waals surface area contributed by atoms with Crippen molar-refractivity contribution < 1.29 is 13.9 Å². The van der Waals surface area contributed by atoms with Crippen LogP contribution in [0, 0.1) is 0 Å². The summed E-state index contributed by atoms with van der Waals surface area (Å²) in [6, 6.07) is 28.4. The Kier molecular flexibility index (Phi) is 7.54. The number of fused-ring (bicyclic) bond motifs is 1. The normalized spacial score (nSPS) is 20.4. The van der Waals surface area contributed by atoms with Gasteiger partial charge in [-0.1, -0.05) is 96.1 Å². The lowest BCUT2D eigenvalue weighted by Gasteiger charge is -2.37. The standard InChI is InChI=1S/C31H29FN8O2/c1-39(2)28-27-29(35-19-34-28)40(20-36-27)30-25(32)26(37-38-33)24(42-30)18-41-31(21-12-6-3-7-13-21,22-14-8-4-9-15-22)23-16-10-5-11-17-23/h3-17,19-20,24-26,30H,18H2,1-2H3/t24-,25-,26-,30-/m1/s1. The molecule has 0 N–H and O–H groups in total. The number of alkyl halides is 1. The van der Waals surface area contributed by atoms with Crippen molar-refractivity contribution in [2.75, 3.05) is 25.6 Å². The van der Waals surface area contributed by atoms with Crippen molar-refractivity contribution in [2.24, 2.45) is 5.11 Å². The molecular formula is C31H29FN8O2. The summed E-state index contributed by atoms with van der Waals surface area (Å²) < 4.78 is 30.7. The van der Waals surface area contributed by atoms with Crippen LogP contribution < -0.4 is 4.90 Å². The van der Waals surface area contributed by atoms with Gasteiger partial charge in [-0.05, 0) is 22.2 Å². The average molecular weight is 565 g/mol. The van der Waals surface area contributed by atoms with Gasteiger partial charge in [0.1, 0.15) is 18.0 Å². The first-order valence-electron chi connectivity index (χ1n) is 13.5. The number of aromatic nitrogens is 4. The van der Waals surface area contributed by atoms with E-state index in [9.17, 15) is 5.53 Å². The Morgan fingerprint density at radius 2 is 1.50 bits per heavy atom. The fourth-order valence-corrected chi connectivity index (χ4v) is 5.59. The number of ether oxygens (including phenoxy) is 2. The molecule has 3 heterocycles. The third-order valence-corrected chi connectivity index (χ3v) is 7.52. The van der Waals surface area contributed by atoms with Crippen molar-refractivity contribution in [3.63, 3.8) is 0 Å². The van der Waals surface area contributed by atoms with Gasteiger partial charge in [0, 0.05) is 19.0 Å². The van der Waals surface area contributed by atoms with Gasteiger partial charge in [0.25, 0.3) is 0 Å². The summed E-state index contributed by atoms with van der Waals surface area (Å²) in [6.45, 7) is -0.0656. The maximum Gasteiger partial charge on any atom is 0.168 e. The molecule has 0 spiro atoms. The molecule has 1 fully saturated rings. The first kappa shape index (κ1) is 27.3. The van der Waals surface area contributed by atoms with Crippen LogP contribution in [0.15, 0.2) is 109 Å². The Bertz CT molecular complexity index is 1600. The monoisotopic (exact) mass is 564 g/mol. The van der Waals surface area contributed by atoms with Crippen molar-refractivity contribution >= 4 is 17.0 Å². The summed E-state index contributed by atoms with van der Waals surface area (Å²) in [5.41, 5.74) is 11.9. The van der Waals surface area contributed by atoms with E-state index in [2.05, 4.69) is 25.0 Å². The lowest BCUT2D eigenvalue weighted by Crippen LogP contribution is -2.38. The van der Waals surface area contributed by atoms with E-state index in [1.54, 1.807) is 4.90 Å². The van der Waals surface area contributed by atoms with Crippen LogP contribution in [0.2, 0.25) is 0 Å². The predicted octanol–water partition coefficient (Wildman–Crippen LogP) is 5.82. The zero-order valence-electron chi connectivity index (χ0n) is 23.1. The minimum absolute atomic E-state index is 0.0656. The molecule has 11 heteroatoms. The van der Waals surface area contributed by atoms with Crippen LogP contribution >= 0.6 is 0 Å². The molecular weight excluding hydrogens is 535 g/mol. The molecule has 1 aliphatic rings. The van der Waals surface area contributed by atoms with Crippen LogP contribution in [-0.2, 0) is 15.1 Å². The zero-order valence-corrected chi connectivity index (χ0v) is 23.1. The molecule has 10 nitrogen and oxygen atoms in total. The minimum atomic E-state index is -1.68. The van der Waals surface area contributed by atoms with Gasteiger partial charge >= 0.3 is 0 Å². The van der Waals surface area contributed by atoms with E-state index in [-0.39, 0.29) is 6.61 Å². The van der Waals surface area contributed by atoms with E-state index in [1.807, 2.05) is 105 Å². The van der Waals surface area contributed by atoms with Gasteiger partial charge in [0.05, 0.1) is 19.0 Å². The van der Waals surface area contributed by atoms with E-state index < -0.39 is 30.1 Å². The summed E-state index contributed by atoms with van der Waals surface area (Å²) in [5, 5.41) is 3.82. The molecule has 0 radical (unpaired) electrons. The Labute approximate surface area is 242 Å². The molecule has 0 aliphatic carbocycles. The topological polar surface area (TPSA) is 114 Å². The maximum absolute atomic E-state index is 16.1. The average Bonchev–Trinajstić information content (AvgIpc) is 3.60. The van der Waals surface area contributed by atoms with Gasteiger partial charge < -0.3 is 14.4 Å². The van der Waals surface area contributed by atoms with Crippen LogP contribution in [-0.4, -0.2) is 58.5 Å². The van der Waals surface area contributed by atoms with Crippen molar-refractivity contribution in [2.45, 2.75) is 30.1 Å². The fourth-order valence-electron chi connectivity index (χ4n) is 5.59. The second-order valence-electron chi connectivity index (χ2n) is 10.2. The SMILES string of the molecule is CN(C)c1ncnc2c1ncn2[C@@H]1O[C@H](COC(c2ccccc2)(c2ccccc2)c2ccccc2)[C@@H](N=[N+]=[N-])[C@H]1F. The smallest absolute Gasteiger partial charge is 0.168 e. The molecule has 0 bridgehead atoms. The second kappa shape index (κ2) is 11.6. The van der Waals surface area contributed by atoms with Crippen LogP contribution in [0.5, 0.6) is 0 Å². The highest BCUT2D eigenvalue weighted by Gasteiger charge is 2.48. The first-order valence-corrected chi connectivity index (χ1v) is 13.5. The van der Waals surface area contributed by atoms with Crippen LogP contribution in [0.3, 0.4) is 0 Å². The highest BCUT2D eigenvalue weighted by Crippen LogP contribution is 2.42. The largest absolute Gasteiger partial charge is 0.361 e. The Hall–Kier alpha value is -4.83. The number of imidazole rings is 1. The molecule has 0 unspecified atom stereocenters. The van der Waals surface area contributed by atoms with Gasteiger partial charge in [-0.3, -0.25) is 4.57 Å². The third-order valence-electron chi connectivity index (χ3n) is 7.52. The molecule has 0 saturated carbocycles. The molecule has 3 aromatic carbocycles. The van der Waals surface area contributed by atoms with Gasteiger partial charge in [-0.25, -0.2) is 19.3 Å². The fraction of sp³-hybridized carbons (Fsp3) is 0.258. The Balaban J connectivity index is 1.39. The number of anilines is 1. The lowest BCUT2D eigenvalue weighted by molar-refractivity contribution is -0.0819. The molecule has 212 valence electrons. The van der Waals surface area contributed by atoms with Crippen molar-refractivity contribution in [3.8, 4) is 0 Å². The van der Waals surface area contributed by atoms with E-state index in [0.717, 1.165) is 16.7 Å². The molecule has 1 saturated heterocycles. The first-order chi connectivity index (χ1) is 20.5. The van der Waals surface area contributed by atoms with Gasteiger partial charge in [0.2, 0.25) is 0 Å². The predicted molar refractivity (Wildman–Crippen MR) is 157 cm³/mol. The molecule has 4 atom stereocenters. The van der Waals surface area contributed by atoms with E-state index in [0.29, 0.717) is 17.0 Å². The summed E-state index contributed by atoms with van der Waals surface area (Å²) in [6.07, 6.45) is -0.837. The van der Waals surface area contributed by atoms with Crippen molar-refractivity contribution in [3.05, 3.63) is 131 Å². The number of rotatable bonds is 9. The van der Waals surface area contributed by atoms with E-state index in [4.69, 9.17) is 9.47 Å². The van der Waals surface area contributed by atoms with Crippen molar-refractivity contribution in [1.29, 1.82) is 0 Å². The highest BCUT2D eigenvalue weighted by atomic mass is 19.1. The Morgan fingerprint density at radius 1 is 0.929 bits per heavy atom. The number of nitrogens with zero attached hydrogens (tertiary/aromatic N) is 8. The number of benzene rings is 3. The lowest BCUT2D eigenvalue weighted by atomic mass is 9.80. The molecule has 5 aromatic rings. The number of azide groups is 1. The summed E-state index contributed by atoms with van der Waals surface area (Å²) in [7, 11) is 3.68. The minimum Gasteiger partial charge on any atom is -0.361 e. The Morgan fingerprint density at radius 3 is 2.02 bits per heavy atom. The molecule has 0 amide bonds. The number of halogens is 1. The van der Waals surface area contributed by atoms with Crippen LogP contribution in [0.1, 0.15) is 22.9 Å². The van der Waals surface area contributed by atoms with Gasteiger partial charge in [0.15, 0.2) is 29.4 Å². The van der Waals surface area contributed by atoms with E-state index >= 15 is 4.39 Å². The summed E-state index contributed by atoms with van der Waals surface area (Å²) >= 11 is 0. The van der Waals surface area contributed by atoms with Gasteiger partial charge in [-0.15, -0.1) is 0 Å². The number of hydrogen-bond acceptors (Lipinski definition) is 7. The summed E-state index contributed by atoms with van der Waals surface area (Å²) in [5.74, 6) is 0.594. The van der Waals surface area contributed by atoms with Gasteiger partial charge in [-0.2, -0.15) is 0 Å². The van der Waals surface area contributed by atoms with Crippen LogP contribution in [0.4, 0.5) is 10.2 Å². The molecule has 42 heavy (non-hydrogen) atoms. The van der Waals surface area contributed by atoms with Crippen molar-refractivity contribution in [1.82, 2.24) is 19.5 Å². The van der Waals surface area contributed by atoms with E-state index in [1.165, 1.54) is 17.2 Å². The zero-order chi connectivity index (χ0) is 29.1. The number of hydrogen-bond donors (Lipinski definition) is 0. The highest BCUT2D eigenvalue weighted by molar-refractivity contribution is 5.83. The molecule has 2 aromatic heterocycles. The molecule has 6 rings (SSSR count). The summed E-state index contributed by atoms with van der Waals surface area (Å²) in [4.78, 5) is 17.8. The third kappa shape index (κ3) is 4.73. The van der Waals surface area contributed by atoms with Crippen LogP contribution in [0.25, 0.3) is 21.6 Å². The second-order valence-corrected chi connectivity index (χ2v) is 10.2. The maximum atomic E-state index is 16.1.